The first-order valence-electron chi connectivity index (χ1n) is 7.29. The van der Waals surface area contributed by atoms with Crippen LogP contribution in [-0.4, -0.2) is 35.0 Å². The zero-order valence-corrected chi connectivity index (χ0v) is 13.9. The highest BCUT2D eigenvalue weighted by molar-refractivity contribution is 6.42. The van der Waals surface area contributed by atoms with E-state index in [0.717, 1.165) is 12.8 Å². The maximum absolute atomic E-state index is 11.9. The number of halogens is 2. The fourth-order valence-corrected chi connectivity index (χ4v) is 3.17. The number of nitrogens with zero attached hydrogens (tertiary/aromatic N) is 1. The molecule has 1 saturated heterocycles. The number of phenolic OH excluding ortho intramolecular Hbond substituents is 1. The Labute approximate surface area is 140 Å². The molecule has 0 spiro atoms. The van der Waals surface area contributed by atoms with Gasteiger partial charge in [0.15, 0.2) is 0 Å². The molecule has 122 valence electrons. The van der Waals surface area contributed by atoms with Crippen molar-refractivity contribution in [3.8, 4) is 5.75 Å². The SMILES string of the molecule is CC(N)C(=O)N1CCC([C@H](N)c2cc(Cl)c(Cl)cc2O)CC1. The number of amides is 1. The topological polar surface area (TPSA) is 92.6 Å². The van der Waals surface area contributed by atoms with E-state index in [2.05, 4.69) is 0 Å². The Hall–Kier alpha value is -1.01. The van der Waals surface area contributed by atoms with Crippen molar-refractivity contribution in [2.45, 2.75) is 31.8 Å². The van der Waals surface area contributed by atoms with Crippen molar-refractivity contribution < 1.29 is 9.90 Å². The van der Waals surface area contributed by atoms with Crippen LogP contribution in [0.3, 0.4) is 0 Å². The second-order valence-electron chi connectivity index (χ2n) is 5.80. The molecule has 1 aliphatic heterocycles. The van der Waals surface area contributed by atoms with Gasteiger partial charge in [0.05, 0.1) is 16.1 Å². The normalized spacial score (nSPS) is 19.0. The summed E-state index contributed by atoms with van der Waals surface area (Å²) in [7, 11) is 0. The third kappa shape index (κ3) is 3.66. The van der Waals surface area contributed by atoms with E-state index in [1.165, 1.54) is 6.07 Å². The van der Waals surface area contributed by atoms with Crippen LogP contribution in [0.2, 0.25) is 10.0 Å². The number of phenols is 1. The summed E-state index contributed by atoms with van der Waals surface area (Å²) in [5.74, 6) is 0.181. The van der Waals surface area contributed by atoms with Crippen molar-refractivity contribution >= 4 is 29.1 Å². The predicted molar refractivity (Wildman–Crippen MR) is 88.0 cm³/mol. The minimum atomic E-state index is -0.482. The summed E-state index contributed by atoms with van der Waals surface area (Å²) < 4.78 is 0. The lowest BCUT2D eigenvalue weighted by molar-refractivity contribution is -0.133. The standard InChI is InChI=1S/C15H21Cl2N3O2/c1-8(18)15(22)20-4-2-9(3-5-20)14(19)10-6-11(16)12(17)7-13(10)21/h6-9,14,21H,2-5,18-19H2,1H3/t8?,14-/m0/s1. The summed E-state index contributed by atoms with van der Waals surface area (Å²) in [6.07, 6.45) is 1.53. The number of aromatic hydroxyl groups is 1. The van der Waals surface area contributed by atoms with Crippen molar-refractivity contribution in [3.63, 3.8) is 0 Å². The van der Waals surface area contributed by atoms with E-state index in [9.17, 15) is 9.90 Å². The molecule has 0 bridgehead atoms. The maximum Gasteiger partial charge on any atom is 0.239 e. The lowest BCUT2D eigenvalue weighted by Crippen LogP contribution is -2.47. The average molecular weight is 346 g/mol. The van der Waals surface area contributed by atoms with Gasteiger partial charge in [-0.25, -0.2) is 0 Å². The summed E-state index contributed by atoms with van der Waals surface area (Å²) in [6.45, 7) is 2.94. The maximum atomic E-state index is 11.9. The molecule has 0 saturated carbocycles. The second kappa shape index (κ2) is 7.04. The summed E-state index contributed by atoms with van der Waals surface area (Å²) in [5.41, 5.74) is 12.5. The molecule has 1 aromatic carbocycles. The van der Waals surface area contributed by atoms with Gasteiger partial charge in [0.2, 0.25) is 5.91 Å². The molecule has 1 unspecified atom stereocenters. The van der Waals surface area contributed by atoms with Gasteiger partial charge in [-0.05, 0) is 31.7 Å². The van der Waals surface area contributed by atoms with E-state index in [-0.39, 0.29) is 23.6 Å². The van der Waals surface area contributed by atoms with E-state index in [0.29, 0.717) is 28.7 Å². The molecule has 0 radical (unpaired) electrons. The van der Waals surface area contributed by atoms with Crippen molar-refractivity contribution in [1.82, 2.24) is 4.90 Å². The molecule has 7 heteroatoms. The van der Waals surface area contributed by atoms with Crippen LogP contribution in [0.4, 0.5) is 0 Å². The summed E-state index contributed by atoms with van der Waals surface area (Å²) in [6, 6.07) is 2.20. The number of benzene rings is 1. The number of hydrogen-bond acceptors (Lipinski definition) is 4. The Balaban J connectivity index is 2.05. The van der Waals surface area contributed by atoms with Crippen LogP contribution >= 0.6 is 23.2 Å². The molecule has 2 rings (SSSR count). The largest absolute Gasteiger partial charge is 0.508 e. The molecule has 5 nitrogen and oxygen atoms in total. The minimum Gasteiger partial charge on any atom is -0.508 e. The molecule has 0 aliphatic carbocycles. The van der Waals surface area contributed by atoms with Gasteiger partial charge in [0, 0.05) is 30.8 Å². The lowest BCUT2D eigenvalue weighted by Gasteiger charge is -2.35. The summed E-state index contributed by atoms with van der Waals surface area (Å²) in [5, 5.41) is 10.7. The molecule has 0 aromatic heterocycles. The first-order valence-corrected chi connectivity index (χ1v) is 8.04. The van der Waals surface area contributed by atoms with Gasteiger partial charge in [-0.15, -0.1) is 0 Å². The molecular formula is C15H21Cl2N3O2. The first-order chi connectivity index (χ1) is 10.3. The fourth-order valence-electron chi connectivity index (χ4n) is 2.84. The van der Waals surface area contributed by atoms with Gasteiger partial charge >= 0.3 is 0 Å². The summed E-state index contributed by atoms with van der Waals surface area (Å²) >= 11 is 11.9. The molecular weight excluding hydrogens is 325 g/mol. The number of hydrogen-bond donors (Lipinski definition) is 3. The lowest BCUT2D eigenvalue weighted by atomic mass is 9.85. The van der Waals surface area contributed by atoms with Gasteiger partial charge in [-0.3, -0.25) is 4.79 Å². The highest BCUT2D eigenvalue weighted by Gasteiger charge is 2.29. The predicted octanol–water partition coefficient (Wildman–Crippen LogP) is 2.28. The van der Waals surface area contributed by atoms with E-state index in [4.69, 9.17) is 34.7 Å². The Kier molecular flexibility index (Phi) is 5.55. The van der Waals surface area contributed by atoms with Gasteiger partial charge in [-0.2, -0.15) is 0 Å². The van der Waals surface area contributed by atoms with Crippen LogP contribution in [-0.2, 0) is 4.79 Å². The van der Waals surface area contributed by atoms with Crippen molar-refractivity contribution in [1.29, 1.82) is 0 Å². The third-order valence-electron chi connectivity index (χ3n) is 4.18. The molecule has 1 aromatic rings. The Bertz CT molecular complexity index is 558. The third-order valence-corrected chi connectivity index (χ3v) is 4.90. The number of carbonyl (C=O) groups is 1. The monoisotopic (exact) mass is 345 g/mol. The van der Waals surface area contributed by atoms with E-state index >= 15 is 0 Å². The van der Waals surface area contributed by atoms with Crippen LogP contribution in [0.15, 0.2) is 12.1 Å². The van der Waals surface area contributed by atoms with Crippen LogP contribution in [0, 0.1) is 5.92 Å². The van der Waals surface area contributed by atoms with Crippen LogP contribution in [0.1, 0.15) is 31.4 Å². The molecule has 1 fully saturated rings. The highest BCUT2D eigenvalue weighted by atomic mass is 35.5. The molecule has 1 aliphatic rings. The van der Waals surface area contributed by atoms with E-state index < -0.39 is 6.04 Å². The highest BCUT2D eigenvalue weighted by Crippen LogP contribution is 2.37. The molecule has 22 heavy (non-hydrogen) atoms. The molecule has 5 N–H and O–H groups in total. The van der Waals surface area contributed by atoms with Gasteiger partial charge in [-0.1, -0.05) is 23.2 Å². The van der Waals surface area contributed by atoms with Gasteiger partial charge < -0.3 is 21.5 Å². The van der Waals surface area contributed by atoms with Crippen molar-refractivity contribution in [2.24, 2.45) is 17.4 Å². The number of likely N-dealkylation sites (tertiary alicyclic amines) is 1. The Morgan fingerprint density at radius 2 is 1.82 bits per heavy atom. The van der Waals surface area contributed by atoms with E-state index in [1.54, 1.807) is 17.9 Å². The Morgan fingerprint density at radius 3 is 2.36 bits per heavy atom. The second-order valence-corrected chi connectivity index (χ2v) is 6.62. The van der Waals surface area contributed by atoms with E-state index in [1.807, 2.05) is 0 Å². The number of rotatable bonds is 3. The average Bonchev–Trinajstić information content (AvgIpc) is 2.49. The quantitative estimate of drug-likeness (QED) is 0.783. The minimum absolute atomic E-state index is 0.0376. The van der Waals surface area contributed by atoms with Crippen molar-refractivity contribution in [2.75, 3.05) is 13.1 Å². The molecule has 1 amide bonds. The fraction of sp³-hybridized carbons (Fsp3) is 0.533. The molecule has 2 atom stereocenters. The summed E-state index contributed by atoms with van der Waals surface area (Å²) in [4.78, 5) is 13.6. The zero-order chi connectivity index (χ0) is 16.4. The van der Waals surface area contributed by atoms with Crippen molar-refractivity contribution in [3.05, 3.63) is 27.7 Å². The van der Waals surface area contributed by atoms with Gasteiger partial charge in [0.25, 0.3) is 0 Å². The van der Waals surface area contributed by atoms with Crippen LogP contribution in [0.5, 0.6) is 5.75 Å². The Morgan fingerprint density at radius 1 is 1.27 bits per heavy atom. The van der Waals surface area contributed by atoms with Gasteiger partial charge in [0.1, 0.15) is 5.75 Å². The molecule has 1 heterocycles. The number of carbonyl (C=O) groups excluding carboxylic acids is 1. The first kappa shape index (κ1) is 17.3. The van der Waals surface area contributed by atoms with Crippen LogP contribution < -0.4 is 11.5 Å². The smallest absolute Gasteiger partial charge is 0.239 e. The zero-order valence-electron chi connectivity index (χ0n) is 12.4. The number of nitrogens with two attached hydrogens (primary N) is 2. The van der Waals surface area contributed by atoms with Crippen LogP contribution in [0.25, 0.3) is 0 Å². The number of piperidine rings is 1.